The lowest BCUT2D eigenvalue weighted by molar-refractivity contribution is 0.480. The molecule has 0 aliphatic carbocycles. The Kier molecular flexibility index (Phi) is 4.55. The Hall–Kier alpha value is -1.13. The first kappa shape index (κ1) is 13.3. The van der Waals surface area contributed by atoms with Gasteiger partial charge in [0, 0.05) is 13.1 Å². The molecular formula is C14H21N3S. The molecule has 0 aromatic carbocycles. The standard InChI is InChI=1S/C14H21N3S/c1-4-15-13(6-5-12-7-8-18-10-12)14-9-11(2)16-17(14)3/h7-10,13,15H,4-6H2,1-3H3. The number of rotatable bonds is 6. The highest BCUT2D eigenvalue weighted by atomic mass is 32.1. The highest BCUT2D eigenvalue weighted by Gasteiger charge is 2.15. The fourth-order valence-electron chi connectivity index (χ4n) is 2.30. The van der Waals surface area contributed by atoms with Crippen molar-refractivity contribution in [3.63, 3.8) is 0 Å². The molecule has 0 radical (unpaired) electrons. The van der Waals surface area contributed by atoms with Crippen LogP contribution >= 0.6 is 11.3 Å². The summed E-state index contributed by atoms with van der Waals surface area (Å²) in [7, 11) is 2.03. The molecule has 2 aromatic rings. The number of hydrogen-bond acceptors (Lipinski definition) is 3. The first-order chi connectivity index (χ1) is 8.70. The summed E-state index contributed by atoms with van der Waals surface area (Å²) in [4.78, 5) is 0. The number of hydrogen-bond donors (Lipinski definition) is 1. The van der Waals surface area contributed by atoms with Crippen LogP contribution in [0, 0.1) is 6.92 Å². The third kappa shape index (κ3) is 3.21. The van der Waals surface area contributed by atoms with E-state index in [0.29, 0.717) is 6.04 Å². The summed E-state index contributed by atoms with van der Waals surface area (Å²) in [6.45, 7) is 5.19. The predicted molar refractivity (Wildman–Crippen MR) is 77.0 cm³/mol. The molecular weight excluding hydrogens is 242 g/mol. The molecule has 0 spiro atoms. The Morgan fingerprint density at radius 2 is 2.33 bits per heavy atom. The van der Waals surface area contributed by atoms with E-state index in [9.17, 15) is 0 Å². The maximum Gasteiger partial charge on any atom is 0.0597 e. The summed E-state index contributed by atoms with van der Waals surface area (Å²) in [5.74, 6) is 0. The average Bonchev–Trinajstić information content (AvgIpc) is 2.94. The topological polar surface area (TPSA) is 29.9 Å². The molecule has 4 heteroatoms. The number of nitrogens with one attached hydrogen (secondary N) is 1. The first-order valence-corrected chi connectivity index (χ1v) is 7.40. The number of aryl methyl sites for hydroxylation is 3. The van der Waals surface area contributed by atoms with Crippen LogP contribution in [0.15, 0.2) is 22.9 Å². The fraction of sp³-hybridized carbons (Fsp3) is 0.500. The van der Waals surface area contributed by atoms with Crippen LogP contribution in [0.25, 0.3) is 0 Å². The molecule has 3 nitrogen and oxygen atoms in total. The molecule has 0 aliphatic rings. The second kappa shape index (κ2) is 6.16. The van der Waals surface area contributed by atoms with Crippen LogP contribution in [-0.4, -0.2) is 16.3 Å². The molecule has 0 amide bonds. The highest BCUT2D eigenvalue weighted by molar-refractivity contribution is 7.07. The quantitative estimate of drug-likeness (QED) is 0.868. The summed E-state index contributed by atoms with van der Waals surface area (Å²) in [5.41, 5.74) is 3.80. The molecule has 1 unspecified atom stereocenters. The minimum absolute atomic E-state index is 0.390. The summed E-state index contributed by atoms with van der Waals surface area (Å²) < 4.78 is 2.00. The van der Waals surface area contributed by atoms with Gasteiger partial charge in [-0.05, 0) is 54.8 Å². The zero-order valence-electron chi connectivity index (χ0n) is 11.3. The van der Waals surface area contributed by atoms with Gasteiger partial charge in [-0.1, -0.05) is 6.92 Å². The van der Waals surface area contributed by atoms with E-state index in [1.807, 2.05) is 18.7 Å². The van der Waals surface area contributed by atoms with Gasteiger partial charge in [0.25, 0.3) is 0 Å². The Morgan fingerprint density at radius 1 is 1.50 bits per heavy atom. The summed E-state index contributed by atoms with van der Waals surface area (Å²) in [5, 5.41) is 12.4. The van der Waals surface area contributed by atoms with Crippen LogP contribution in [-0.2, 0) is 13.5 Å². The minimum Gasteiger partial charge on any atom is -0.309 e. The predicted octanol–water partition coefficient (Wildman–Crippen LogP) is 3.07. The number of nitrogens with zero attached hydrogens (tertiary/aromatic N) is 2. The van der Waals surface area contributed by atoms with Gasteiger partial charge in [0.15, 0.2) is 0 Å². The lowest BCUT2D eigenvalue weighted by Gasteiger charge is -2.17. The SMILES string of the molecule is CCNC(CCc1ccsc1)c1cc(C)nn1C. The molecule has 98 valence electrons. The minimum atomic E-state index is 0.390. The molecule has 0 saturated heterocycles. The van der Waals surface area contributed by atoms with Crippen molar-refractivity contribution >= 4 is 11.3 Å². The van der Waals surface area contributed by atoms with Crippen LogP contribution < -0.4 is 5.32 Å². The van der Waals surface area contributed by atoms with Crippen molar-refractivity contribution in [2.24, 2.45) is 7.05 Å². The van der Waals surface area contributed by atoms with Gasteiger partial charge in [-0.25, -0.2) is 0 Å². The van der Waals surface area contributed by atoms with Crippen LogP contribution in [0.3, 0.4) is 0 Å². The molecule has 0 fully saturated rings. The van der Waals surface area contributed by atoms with Gasteiger partial charge in [0.2, 0.25) is 0 Å². The number of aromatic nitrogens is 2. The molecule has 2 rings (SSSR count). The van der Waals surface area contributed by atoms with Gasteiger partial charge in [0.1, 0.15) is 0 Å². The third-order valence-corrected chi connectivity index (χ3v) is 3.88. The largest absolute Gasteiger partial charge is 0.309 e. The van der Waals surface area contributed by atoms with Crippen molar-refractivity contribution in [2.75, 3.05) is 6.54 Å². The van der Waals surface area contributed by atoms with E-state index in [1.54, 1.807) is 11.3 Å². The average molecular weight is 263 g/mol. The fourth-order valence-corrected chi connectivity index (χ4v) is 3.01. The Bertz CT molecular complexity index is 473. The highest BCUT2D eigenvalue weighted by Crippen LogP contribution is 2.20. The second-order valence-electron chi connectivity index (χ2n) is 4.61. The Labute approximate surface area is 113 Å². The zero-order valence-corrected chi connectivity index (χ0v) is 12.1. The van der Waals surface area contributed by atoms with Gasteiger partial charge >= 0.3 is 0 Å². The molecule has 2 aromatic heterocycles. The summed E-state index contributed by atoms with van der Waals surface area (Å²) >= 11 is 1.77. The molecule has 1 atom stereocenters. The van der Waals surface area contributed by atoms with Gasteiger partial charge in [-0.15, -0.1) is 0 Å². The maximum atomic E-state index is 4.44. The third-order valence-electron chi connectivity index (χ3n) is 3.15. The Balaban J connectivity index is 2.05. The van der Waals surface area contributed by atoms with E-state index in [2.05, 4.69) is 40.2 Å². The van der Waals surface area contributed by atoms with Crippen molar-refractivity contribution in [1.82, 2.24) is 15.1 Å². The number of thiophene rings is 1. The molecule has 2 heterocycles. The van der Waals surface area contributed by atoms with Crippen LogP contribution in [0.4, 0.5) is 0 Å². The molecule has 0 bridgehead atoms. The van der Waals surface area contributed by atoms with Crippen LogP contribution in [0.1, 0.15) is 36.3 Å². The summed E-state index contributed by atoms with van der Waals surface area (Å²) in [6.07, 6.45) is 2.23. The van der Waals surface area contributed by atoms with Gasteiger partial charge in [0.05, 0.1) is 11.4 Å². The van der Waals surface area contributed by atoms with Crippen LogP contribution in [0.5, 0.6) is 0 Å². The van der Waals surface area contributed by atoms with E-state index >= 15 is 0 Å². The van der Waals surface area contributed by atoms with Crippen molar-refractivity contribution in [2.45, 2.75) is 32.7 Å². The van der Waals surface area contributed by atoms with E-state index in [4.69, 9.17) is 0 Å². The smallest absolute Gasteiger partial charge is 0.0597 e. The van der Waals surface area contributed by atoms with Crippen molar-refractivity contribution in [3.05, 3.63) is 39.8 Å². The van der Waals surface area contributed by atoms with Crippen LogP contribution in [0.2, 0.25) is 0 Å². The normalized spacial score (nSPS) is 12.8. The van der Waals surface area contributed by atoms with E-state index < -0.39 is 0 Å². The van der Waals surface area contributed by atoms with Crippen molar-refractivity contribution < 1.29 is 0 Å². The summed E-state index contributed by atoms with van der Waals surface area (Å²) in [6, 6.07) is 4.78. The van der Waals surface area contributed by atoms with E-state index in [1.165, 1.54) is 11.3 Å². The second-order valence-corrected chi connectivity index (χ2v) is 5.39. The molecule has 18 heavy (non-hydrogen) atoms. The van der Waals surface area contributed by atoms with E-state index in [0.717, 1.165) is 25.1 Å². The molecule has 1 N–H and O–H groups in total. The van der Waals surface area contributed by atoms with Crippen molar-refractivity contribution in [1.29, 1.82) is 0 Å². The lowest BCUT2D eigenvalue weighted by atomic mass is 10.0. The zero-order chi connectivity index (χ0) is 13.0. The monoisotopic (exact) mass is 263 g/mol. The molecule has 0 aliphatic heterocycles. The van der Waals surface area contributed by atoms with E-state index in [-0.39, 0.29) is 0 Å². The first-order valence-electron chi connectivity index (χ1n) is 6.45. The van der Waals surface area contributed by atoms with Gasteiger partial charge in [-0.3, -0.25) is 4.68 Å². The van der Waals surface area contributed by atoms with Gasteiger partial charge < -0.3 is 5.32 Å². The van der Waals surface area contributed by atoms with Gasteiger partial charge in [-0.2, -0.15) is 16.4 Å². The maximum absolute atomic E-state index is 4.44. The van der Waals surface area contributed by atoms with Crippen molar-refractivity contribution in [3.8, 4) is 0 Å². The molecule has 0 saturated carbocycles. The Morgan fingerprint density at radius 3 is 2.89 bits per heavy atom. The lowest BCUT2D eigenvalue weighted by Crippen LogP contribution is -2.23.